The Hall–Kier alpha value is -2.68. The van der Waals surface area contributed by atoms with Crippen LogP contribution in [0.4, 0.5) is 5.69 Å². The lowest BCUT2D eigenvalue weighted by molar-refractivity contribution is 0.0951. The first kappa shape index (κ1) is 19.6. The molecule has 3 aromatic carbocycles. The quantitative estimate of drug-likeness (QED) is 0.540. The van der Waals surface area contributed by atoms with Crippen LogP contribution in [-0.2, 0) is 16.6 Å². The monoisotopic (exact) mass is 471 g/mol. The number of halogens is 1. The molecule has 0 saturated heterocycles. The van der Waals surface area contributed by atoms with E-state index in [0.717, 1.165) is 10.0 Å². The van der Waals surface area contributed by atoms with Crippen molar-refractivity contribution in [2.75, 3.05) is 5.32 Å². The van der Waals surface area contributed by atoms with Crippen LogP contribution in [0.5, 0.6) is 0 Å². The van der Waals surface area contributed by atoms with Crippen LogP contribution in [0.25, 0.3) is 0 Å². The highest BCUT2D eigenvalue weighted by molar-refractivity contribution is 9.10. The van der Waals surface area contributed by atoms with Gasteiger partial charge < -0.3 is 10.6 Å². The first-order valence-electron chi connectivity index (χ1n) is 8.93. The number of hydrogen-bond acceptors (Lipinski definition) is 4. The number of benzene rings is 3. The van der Waals surface area contributed by atoms with E-state index < -0.39 is 16.2 Å². The van der Waals surface area contributed by atoms with Crippen LogP contribution in [0, 0.1) is 0 Å². The summed E-state index contributed by atoms with van der Waals surface area (Å²) < 4.78 is 28.5. The van der Waals surface area contributed by atoms with Gasteiger partial charge in [-0.2, -0.15) is 4.72 Å². The van der Waals surface area contributed by atoms with E-state index in [2.05, 4.69) is 31.3 Å². The van der Waals surface area contributed by atoms with Crippen molar-refractivity contribution in [2.24, 2.45) is 0 Å². The third kappa shape index (κ3) is 4.34. The summed E-state index contributed by atoms with van der Waals surface area (Å²) in [4.78, 5) is 12.6. The molecule has 3 N–H and O–H groups in total. The van der Waals surface area contributed by atoms with Crippen LogP contribution < -0.4 is 15.4 Å². The number of sulfonamides is 1. The molecule has 1 aliphatic heterocycles. The van der Waals surface area contributed by atoms with Crippen molar-refractivity contribution in [2.45, 2.75) is 17.6 Å². The molecule has 8 heteroatoms. The zero-order valence-corrected chi connectivity index (χ0v) is 17.6. The summed E-state index contributed by atoms with van der Waals surface area (Å²) in [7, 11) is -3.60. The molecule has 0 fully saturated rings. The molecule has 0 aliphatic carbocycles. The Kier molecular flexibility index (Phi) is 5.40. The van der Waals surface area contributed by atoms with Gasteiger partial charge in [-0.15, -0.1) is 0 Å². The highest BCUT2D eigenvalue weighted by atomic mass is 79.9. The SMILES string of the molecule is O=C(NCc1ccc(Br)cc1)c1ccc([C@@H]2Nc3ccccc3S(=O)(=O)N2)cc1. The molecule has 0 bridgehead atoms. The van der Waals surface area contributed by atoms with Gasteiger partial charge in [0.1, 0.15) is 11.1 Å². The van der Waals surface area contributed by atoms with Gasteiger partial charge in [-0.25, -0.2) is 8.42 Å². The lowest BCUT2D eigenvalue weighted by atomic mass is 10.1. The molecule has 1 heterocycles. The molecule has 0 saturated carbocycles. The summed E-state index contributed by atoms with van der Waals surface area (Å²) in [5.74, 6) is -0.193. The third-order valence-corrected chi connectivity index (χ3v) is 6.63. The summed E-state index contributed by atoms with van der Waals surface area (Å²) in [5, 5.41) is 6.05. The number of carbonyl (C=O) groups excluding carboxylic acids is 1. The van der Waals surface area contributed by atoms with E-state index in [9.17, 15) is 13.2 Å². The maximum absolute atomic E-state index is 12.5. The molecule has 3 aromatic rings. The number of anilines is 1. The summed E-state index contributed by atoms with van der Waals surface area (Å²) in [6, 6.07) is 21.3. The molecular formula is C21H18BrN3O3S. The van der Waals surface area contributed by atoms with E-state index in [1.807, 2.05) is 24.3 Å². The molecule has 29 heavy (non-hydrogen) atoms. The van der Waals surface area contributed by atoms with Gasteiger partial charge in [0.15, 0.2) is 0 Å². The van der Waals surface area contributed by atoms with Crippen molar-refractivity contribution in [1.82, 2.24) is 10.0 Å². The fourth-order valence-corrected chi connectivity index (χ4v) is 4.66. The molecule has 1 aliphatic rings. The van der Waals surface area contributed by atoms with Crippen LogP contribution in [0.3, 0.4) is 0 Å². The predicted molar refractivity (Wildman–Crippen MR) is 115 cm³/mol. The van der Waals surface area contributed by atoms with Gasteiger partial charge in [0.2, 0.25) is 10.0 Å². The molecule has 0 unspecified atom stereocenters. The van der Waals surface area contributed by atoms with Crippen LogP contribution >= 0.6 is 15.9 Å². The highest BCUT2D eigenvalue weighted by Gasteiger charge is 2.29. The topological polar surface area (TPSA) is 87.3 Å². The highest BCUT2D eigenvalue weighted by Crippen LogP contribution is 2.30. The number of amides is 1. The van der Waals surface area contributed by atoms with E-state index in [4.69, 9.17) is 0 Å². The Balaban J connectivity index is 1.45. The van der Waals surface area contributed by atoms with Crippen LogP contribution in [0.15, 0.2) is 82.2 Å². The fourth-order valence-electron chi connectivity index (χ4n) is 3.09. The van der Waals surface area contributed by atoms with Gasteiger partial charge in [0.05, 0.1) is 5.69 Å². The number of hydrogen-bond donors (Lipinski definition) is 3. The second kappa shape index (κ2) is 7.98. The minimum Gasteiger partial charge on any atom is -0.364 e. The summed E-state index contributed by atoms with van der Waals surface area (Å²) in [6.45, 7) is 0.425. The maximum atomic E-state index is 12.5. The average molecular weight is 472 g/mol. The van der Waals surface area contributed by atoms with Crippen LogP contribution in [-0.4, -0.2) is 14.3 Å². The Labute approximate surface area is 177 Å². The zero-order chi connectivity index (χ0) is 20.4. The predicted octanol–water partition coefficient (Wildman–Crippen LogP) is 3.78. The van der Waals surface area contributed by atoms with E-state index >= 15 is 0 Å². The lowest BCUT2D eigenvalue weighted by Crippen LogP contribution is -2.38. The van der Waals surface area contributed by atoms with Crippen molar-refractivity contribution >= 4 is 37.5 Å². The molecule has 148 valence electrons. The molecule has 6 nitrogen and oxygen atoms in total. The second-order valence-electron chi connectivity index (χ2n) is 6.63. The fraction of sp³-hybridized carbons (Fsp3) is 0.0952. The minimum atomic E-state index is -3.60. The normalized spacial score (nSPS) is 17.1. The van der Waals surface area contributed by atoms with Crippen molar-refractivity contribution in [3.8, 4) is 0 Å². The zero-order valence-electron chi connectivity index (χ0n) is 15.2. The number of rotatable bonds is 4. The number of carbonyl (C=O) groups is 1. The van der Waals surface area contributed by atoms with Gasteiger partial charge in [-0.3, -0.25) is 4.79 Å². The Morgan fingerprint density at radius 1 is 0.966 bits per heavy atom. The average Bonchev–Trinajstić information content (AvgIpc) is 2.73. The van der Waals surface area contributed by atoms with Gasteiger partial charge in [-0.05, 0) is 47.5 Å². The van der Waals surface area contributed by atoms with Crippen LogP contribution in [0.1, 0.15) is 27.7 Å². The Bertz CT molecular complexity index is 1150. The molecule has 4 rings (SSSR count). The van der Waals surface area contributed by atoms with Gasteiger partial charge in [0, 0.05) is 16.6 Å². The third-order valence-electron chi connectivity index (χ3n) is 4.62. The van der Waals surface area contributed by atoms with E-state index in [1.54, 1.807) is 48.5 Å². The van der Waals surface area contributed by atoms with Crippen molar-refractivity contribution in [3.63, 3.8) is 0 Å². The van der Waals surface area contributed by atoms with Crippen molar-refractivity contribution in [1.29, 1.82) is 0 Å². The van der Waals surface area contributed by atoms with Gasteiger partial charge in [0.25, 0.3) is 5.91 Å². The molecule has 0 aromatic heterocycles. The number of fused-ring (bicyclic) bond motifs is 1. The van der Waals surface area contributed by atoms with Gasteiger partial charge >= 0.3 is 0 Å². The molecule has 1 atom stereocenters. The molecular weight excluding hydrogens is 454 g/mol. The second-order valence-corrected chi connectivity index (χ2v) is 9.22. The van der Waals surface area contributed by atoms with Crippen molar-refractivity contribution in [3.05, 3.63) is 94.0 Å². The van der Waals surface area contributed by atoms with Crippen molar-refractivity contribution < 1.29 is 13.2 Å². The lowest BCUT2D eigenvalue weighted by Gasteiger charge is -2.28. The Morgan fingerprint density at radius 3 is 2.38 bits per heavy atom. The van der Waals surface area contributed by atoms with Crippen LogP contribution in [0.2, 0.25) is 0 Å². The summed E-state index contributed by atoms with van der Waals surface area (Å²) in [5.41, 5.74) is 2.77. The van der Waals surface area contributed by atoms with Gasteiger partial charge in [-0.1, -0.05) is 52.3 Å². The largest absolute Gasteiger partial charge is 0.364 e. The molecule has 1 amide bonds. The molecule has 0 radical (unpaired) electrons. The standard InChI is InChI=1S/C21H18BrN3O3S/c22-17-11-5-14(6-12-17)13-23-21(26)16-9-7-15(8-10-16)20-24-18-3-1-2-4-19(18)29(27,28)25-20/h1-12,20,24-25H,13H2,(H,23,26)/t20-/m1/s1. The molecule has 0 spiro atoms. The maximum Gasteiger partial charge on any atom is 0.251 e. The first-order valence-corrected chi connectivity index (χ1v) is 11.2. The smallest absolute Gasteiger partial charge is 0.251 e. The minimum absolute atomic E-state index is 0.193. The summed E-state index contributed by atoms with van der Waals surface area (Å²) in [6.07, 6.45) is -0.602. The number of para-hydroxylation sites is 1. The van der Waals surface area contributed by atoms with E-state index in [1.165, 1.54) is 0 Å². The first-order chi connectivity index (χ1) is 13.9. The van der Waals surface area contributed by atoms with E-state index in [0.29, 0.717) is 23.4 Å². The van der Waals surface area contributed by atoms with E-state index in [-0.39, 0.29) is 10.8 Å². The number of nitrogens with one attached hydrogen (secondary N) is 3. The summed E-state index contributed by atoms with van der Waals surface area (Å²) >= 11 is 3.38. The Morgan fingerprint density at radius 2 is 1.66 bits per heavy atom.